The number of nitrogens with one attached hydrogen (secondary N) is 1. The Morgan fingerprint density at radius 1 is 0.938 bits per heavy atom. The molecule has 1 amide bonds. The van der Waals surface area contributed by atoms with Crippen LogP contribution >= 0.6 is 0 Å². The standard InChI is InChI=1S/C26H25NO5/c1-3-31-23-12-8-7-11-22(23)27-26(29)25(20-9-5-4-6-10-20)32-24(28)18-15-19-13-16-21(30-2)17-14-19/h4-18,25H,3H2,1-2H3,(H,27,29)/b18-15+/t25-/m0/s1. The number of benzene rings is 3. The first kappa shape index (κ1) is 22.6. The average molecular weight is 431 g/mol. The van der Waals surface area contributed by atoms with Crippen LogP contribution in [0.15, 0.2) is 84.9 Å². The summed E-state index contributed by atoms with van der Waals surface area (Å²) in [5, 5.41) is 2.81. The molecule has 32 heavy (non-hydrogen) atoms. The van der Waals surface area contributed by atoms with Crippen LogP contribution in [-0.2, 0) is 14.3 Å². The van der Waals surface area contributed by atoms with Gasteiger partial charge in [0.25, 0.3) is 5.91 Å². The molecule has 6 nitrogen and oxygen atoms in total. The van der Waals surface area contributed by atoms with Gasteiger partial charge < -0.3 is 19.5 Å². The van der Waals surface area contributed by atoms with Crippen molar-refractivity contribution >= 4 is 23.6 Å². The van der Waals surface area contributed by atoms with E-state index in [1.165, 1.54) is 6.08 Å². The lowest BCUT2D eigenvalue weighted by Crippen LogP contribution is -2.25. The van der Waals surface area contributed by atoms with Gasteiger partial charge in [-0.2, -0.15) is 0 Å². The zero-order valence-electron chi connectivity index (χ0n) is 18.0. The summed E-state index contributed by atoms with van der Waals surface area (Å²) in [5.74, 6) is 0.149. The third-order valence-electron chi connectivity index (χ3n) is 4.55. The van der Waals surface area contributed by atoms with E-state index in [0.717, 1.165) is 11.3 Å². The summed E-state index contributed by atoms with van der Waals surface area (Å²) in [7, 11) is 1.59. The molecule has 0 unspecified atom stereocenters. The SMILES string of the molecule is CCOc1ccccc1NC(=O)[C@@H](OC(=O)/C=C/c1ccc(OC)cc1)c1ccccc1. The molecule has 0 bridgehead atoms. The van der Waals surface area contributed by atoms with Crippen molar-refractivity contribution in [3.8, 4) is 11.5 Å². The number of hydrogen-bond donors (Lipinski definition) is 1. The number of para-hydroxylation sites is 2. The molecule has 0 saturated carbocycles. The second-order valence-electron chi connectivity index (χ2n) is 6.75. The van der Waals surface area contributed by atoms with Crippen LogP contribution in [0.2, 0.25) is 0 Å². The molecule has 0 heterocycles. The van der Waals surface area contributed by atoms with Gasteiger partial charge in [0.05, 0.1) is 19.4 Å². The molecule has 1 atom stereocenters. The van der Waals surface area contributed by atoms with E-state index in [-0.39, 0.29) is 0 Å². The van der Waals surface area contributed by atoms with Crippen molar-refractivity contribution in [2.45, 2.75) is 13.0 Å². The minimum Gasteiger partial charge on any atom is -0.497 e. The Hall–Kier alpha value is -4.06. The van der Waals surface area contributed by atoms with Crippen molar-refractivity contribution < 1.29 is 23.8 Å². The van der Waals surface area contributed by atoms with E-state index in [4.69, 9.17) is 14.2 Å². The first-order valence-electron chi connectivity index (χ1n) is 10.2. The van der Waals surface area contributed by atoms with Gasteiger partial charge in [0.1, 0.15) is 11.5 Å². The minimum atomic E-state index is -1.13. The van der Waals surface area contributed by atoms with Crippen molar-refractivity contribution in [2.24, 2.45) is 0 Å². The van der Waals surface area contributed by atoms with Crippen molar-refractivity contribution in [3.63, 3.8) is 0 Å². The number of methoxy groups -OCH3 is 1. The number of carbonyl (C=O) groups excluding carboxylic acids is 2. The third-order valence-corrected chi connectivity index (χ3v) is 4.55. The predicted octanol–water partition coefficient (Wildman–Crippen LogP) is 5.03. The summed E-state index contributed by atoms with van der Waals surface area (Å²) in [6, 6.07) is 23.2. The van der Waals surface area contributed by atoms with E-state index in [1.54, 1.807) is 67.8 Å². The van der Waals surface area contributed by atoms with Crippen LogP contribution in [0.3, 0.4) is 0 Å². The Bertz CT molecular complexity index is 1060. The van der Waals surface area contributed by atoms with Crippen molar-refractivity contribution in [1.82, 2.24) is 0 Å². The number of amides is 1. The number of carbonyl (C=O) groups is 2. The van der Waals surface area contributed by atoms with Crippen molar-refractivity contribution in [3.05, 3.63) is 96.1 Å². The molecule has 0 radical (unpaired) electrons. The molecule has 3 aromatic carbocycles. The molecule has 0 spiro atoms. The van der Waals surface area contributed by atoms with Crippen LogP contribution in [0.25, 0.3) is 6.08 Å². The number of rotatable bonds is 9. The Morgan fingerprint density at radius 3 is 2.31 bits per heavy atom. The van der Waals surface area contributed by atoms with Crippen LogP contribution in [0, 0.1) is 0 Å². The largest absolute Gasteiger partial charge is 0.497 e. The lowest BCUT2D eigenvalue weighted by molar-refractivity contribution is -0.149. The maximum Gasteiger partial charge on any atom is 0.331 e. The topological polar surface area (TPSA) is 73.9 Å². The summed E-state index contributed by atoms with van der Waals surface area (Å²) in [4.78, 5) is 25.6. The Morgan fingerprint density at radius 2 is 1.62 bits per heavy atom. The van der Waals surface area contributed by atoms with Crippen LogP contribution in [0.4, 0.5) is 5.69 Å². The highest BCUT2D eigenvalue weighted by molar-refractivity contribution is 5.98. The fourth-order valence-corrected chi connectivity index (χ4v) is 2.99. The number of ether oxygens (including phenoxy) is 3. The first-order chi connectivity index (χ1) is 15.6. The van der Waals surface area contributed by atoms with Crippen LogP contribution in [0.5, 0.6) is 11.5 Å². The Kier molecular flexibility index (Phi) is 8.03. The summed E-state index contributed by atoms with van der Waals surface area (Å²) in [6.45, 7) is 2.32. The highest BCUT2D eigenvalue weighted by Gasteiger charge is 2.25. The van der Waals surface area contributed by atoms with Crippen molar-refractivity contribution in [2.75, 3.05) is 19.0 Å². The quantitative estimate of drug-likeness (QED) is 0.380. The predicted molar refractivity (Wildman–Crippen MR) is 124 cm³/mol. The van der Waals surface area contributed by atoms with Gasteiger partial charge in [0.15, 0.2) is 0 Å². The van der Waals surface area contributed by atoms with Crippen molar-refractivity contribution in [1.29, 1.82) is 0 Å². The molecule has 0 aliphatic carbocycles. The molecule has 0 aliphatic rings. The average Bonchev–Trinajstić information content (AvgIpc) is 2.83. The molecule has 3 aromatic rings. The second kappa shape index (κ2) is 11.4. The molecule has 0 fully saturated rings. The van der Waals surface area contributed by atoms with E-state index >= 15 is 0 Å². The minimum absolute atomic E-state index is 0.458. The molecule has 0 aromatic heterocycles. The van der Waals surface area contributed by atoms with Gasteiger partial charge in [-0.3, -0.25) is 4.79 Å². The van der Waals surface area contributed by atoms with Gasteiger partial charge in [-0.25, -0.2) is 4.79 Å². The van der Waals surface area contributed by atoms with E-state index in [1.807, 2.05) is 31.2 Å². The molecular formula is C26H25NO5. The molecule has 0 aliphatic heterocycles. The number of hydrogen-bond acceptors (Lipinski definition) is 5. The Balaban J connectivity index is 1.76. The summed E-state index contributed by atoms with van der Waals surface area (Å²) in [5.41, 5.74) is 1.87. The molecule has 1 N–H and O–H groups in total. The smallest absolute Gasteiger partial charge is 0.331 e. The van der Waals surface area contributed by atoms with E-state index < -0.39 is 18.0 Å². The van der Waals surface area contributed by atoms with E-state index in [0.29, 0.717) is 23.6 Å². The maximum absolute atomic E-state index is 13.1. The van der Waals surface area contributed by atoms with Gasteiger partial charge in [0, 0.05) is 11.6 Å². The van der Waals surface area contributed by atoms with Gasteiger partial charge in [-0.05, 0) is 42.8 Å². The molecular weight excluding hydrogens is 406 g/mol. The van der Waals surface area contributed by atoms with Crippen LogP contribution in [-0.4, -0.2) is 25.6 Å². The van der Waals surface area contributed by atoms with Gasteiger partial charge in [-0.1, -0.05) is 54.6 Å². The molecule has 6 heteroatoms. The highest BCUT2D eigenvalue weighted by atomic mass is 16.5. The van der Waals surface area contributed by atoms with Gasteiger partial charge in [0.2, 0.25) is 6.10 Å². The number of esters is 1. The number of anilines is 1. The maximum atomic E-state index is 13.1. The zero-order chi connectivity index (χ0) is 22.8. The Labute approximate surface area is 187 Å². The molecule has 0 saturated heterocycles. The monoisotopic (exact) mass is 431 g/mol. The van der Waals surface area contributed by atoms with Gasteiger partial charge >= 0.3 is 5.97 Å². The van der Waals surface area contributed by atoms with Gasteiger partial charge in [-0.15, -0.1) is 0 Å². The summed E-state index contributed by atoms with van der Waals surface area (Å²) in [6.07, 6.45) is 1.78. The fourth-order valence-electron chi connectivity index (χ4n) is 2.99. The summed E-state index contributed by atoms with van der Waals surface area (Å²) >= 11 is 0. The molecule has 3 rings (SSSR count). The lowest BCUT2D eigenvalue weighted by Gasteiger charge is -2.18. The normalized spacial score (nSPS) is 11.6. The highest BCUT2D eigenvalue weighted by Crippen LogP contribution is 2.27. The molecule has 164 valence electrons. The lowest BCUT2D eigenvalue weighted by atomic mass is 10.1. The van der Waals surface area contributed by atoms with E-state index in [2.05, 4.69) is 5.32 Å². The first-order valence-corrected chi connectivity index (χ1v) is 10.2. The summed E-state index contributed by atoms with van der Waals surface area (Å²) < 4.78 is 16.2. The van der Waals surface area contributed by atoms with Crippen LogP contribution < -0.4 is 14.8 Å². The van der Waals surface area contributed by atoms with Crippen LogP contribution in [0.1, 0.15) is 24.2 Å². The second-order valence-corrected chi connectivity index (χ2v) is 6.75. The fraction of sp³-hybridized carbons (Fsp3) is 0.154. The zero-order valence-corrected chi connectivity index (χ0v) is 18.0. The van der Waals surface area contributed by atoms with E-state index in [9.17, 15) is 9.59 Å². The third kappa shape index (κ3) is 6.22.